The van der Waals surface area contributed by atoms with E-state index in [0.29, 0.717) is 6.54 Å². The summed E-state index contributed by atoms with van der Waals surface area (Å²) >= 11 is 3.44. The van der Waals surface area contributed by atoms with Gasteiger partial charge in [-0.2, -0.15) is 0 Å². The number of halogens is 1. The highest BCUT2D eigenvalue weighted by atomic mass is 79.9. The van der Waals surface area contributed by atoms with E-state index in [0.717, 1.165) is 36.5 Å². The highest BCUT2D eigenvalue weighted by molar-refractivity contribution is 9.10. The second kappa shape index (κ2) is 6.15. The van der Waals surface area contributed by atoms with Gasteiger partial charge in [0, 0.05) is 39.4 Å². The van der Waals surface area contributed by atoms with Gasteiger partial charge in [-0.3, -0.25) is 4.79 Å². The lowest BCUT2D eigenvalue weighted by Gasteiger charge is -2.29. The first-order valence-electron chi connectivity index (χ1n) is 5.98. The minimum Gasteiger partial charge on any atom is -0.349 e. The fraction of sp³-hybridized carbons (Fsp3) is 0.500. The number of amides is 1. The quantitative estimate of drug-likeness (QED) is 0.893. The predicted octanol–water partition coefficient (Wildman–Crippen LogP) is 0.712. The molecule has 1 aliphatic heterocycles. The zero-order valence-corrected chi connectivity index (χ0v) is 12.0. The fourth-order valence-electron chi connectivity index (χ4n) is 1.95. The molecule has 2 rings (SSSR count). The second-order valence-electron chi connectivity index (χ2n) is 4.30. The SMILES string of the molecule is CN(CC(=O)N1CCNCC1)c1ncccc1Br. The number of anilines is 1. The van der Waals surface area contributed by atoms with E-state index in [1.807, 2.05) is 29.0 Å². The van der Waals surface area contributed by atoms with Gasteiger partial charge in [0.25, 0.3) is 0 Å². The fourth-order valence-corrected chi connectivity index (χ4v) is 2.51. The predicted molar refractivity (Wildman–Crippen MR) is 74.7 cm³/mol. The van der Waals surface area contributed by atoms with E-state index in [9.17, 15) is 4.79 Å². The molecule has 0 spiro atoms. The summed E-state index contributed by atoms with van der Waals surface area (Å²) in [7, 11) is 1.88. The molecule has 6 heteroatoms. The van der Waals surface area contributed by atoms with Crippen molar-refractivity contribution in [3.05, 3.63) is 22.8 Å². The topological polar surface area (TPSA) is 48.5 Å². The number of piperazine rings is 1. The van der Waals surface area contributed by atoms with Gasteiger partial charge in [-0.05, 0) is 28.1 Å². The maximum absolute atomic E-state index is 12.1. The van der Waals surface area contributed by atoms with Crippen molar-refractivity contribution in [3.8, 4) is 0 Å². The van der Waals surface area contributed by atoms with Gasteiger partial charge < -0.3 is 15.1 Å². The van der Waals surface area contributed by atoms with Crippen LogP contribution >= 0.6 is 15.9 Å². The van der Waals surface area contributed by atoms with Crippen LogP contribution in [0.1, 0.15) is 0 Å². The number of carbonyl (C=O) groups excluding carboxylic acids is 1. The second-order valence-corrected chi connectivity index (χ2v) is 5.15. The Morgan fingerprint density at radius 1 is 1.56 bits per heavy atom. The number of rotatable bonds is 3. The summed E-state index contributed by atoms with van der Waals surface area (Å²) in [6.07, 6.45) is 1.73. The monoisotopic (exact) mass is 312 g/mol. The van der Waals surface area contributed by atoms with Crippen LogP contribution in [-0.4, -0.2) is 55.6 Å². The van der Waals surface area contributed by atoms with E-state index in [-0.39, 0.29) is 5.91 Å². The normalized spacial score (nSPS) is 15.6. The molecule has 1 fully saturated rings. The molecule has 1 amide bonds. The van der Waals surface area contributed by atoms with Crippen LogP contribution in [0.4, 0.5) is 5.82 Å². The molecule has 2 heterocycles. The molecule has 0 radical (unpaired) electrons. The Balaban J connectivity index is 1.96. The first kappa shape index (κ1) is 13.3. The highest BCUT2D eigenvalue weighted by Crippen LogP contribution is 2.21. The van der Waals surface area contributed by atoms with Gasteiger partial charge in [0.1, 0.15) is 5.82 Å². The van der Waals surface area contributed by atoms with Gasteiger partial charge in [0.15, 0.2) is 0 Å². The van der Waals surface area contributed by atoms with Crippen molar-refractivity contribution in [2.75, 3.05) is 44.7 Å². The molecule has 0 aromatic carbocycles. The molecule has 1 aromatic heterocycles. The first-order valence-corrected chi connectivity index (χ1v) is 6.78. The third-order valence-electron chi connectivity index (χ3n) is 2.94. The van der Waals surface area contributed by atoms with E-state index in [2.05, 4.69) is 26.2 Å². The van der Waals surface area contributed by atoms with Gasteiger partial charge in [0.2, 0.25) is 5.91 Å². The lowest BCUT2D eigenvalue weighted by atomic mass is 10.3. The lowest BCUT2D eigenvalue weighted by Crippen LogP contribution is -2.49. The number of pyridine rings is 1. The largest absolute Gasteiger partial charge is 0.349 e. The van der Waals surface area contributed by atoms with Gasteiger partial charge >= 0.3 is 0 Å². The molecule has 1 aromatic rings. The first-order chi connectivity index (χ1) is 8.68. The molecule has 1 aliphatic rings. The summed E-state index contributed by atoms with van der Waals surface area (Å²) in [6, 6.07) is 3.79. The summed E-state index contributed by atoms with van der Waals surface area (Å²) in [6.45, 7) is 3.69. The minimum absolute atomic E-state index is 0.150. The molecule has 0 bridgehead atoms. The molecule has 18 heavy (non-hydrogen) atoms. The summed E-state index contributed by atoms with van der Waals surface area (Å²) in [5, 5.41) is 3.24. The van der Waals surface area contributed by atoms with Crippen molar-refractivity contribution in [2.45, 2.75) is 0 Å². The van der Waals surface area contributed by atoms with Crippen LogP contribution < -0.4 is 10.2 Å². The number of nitrogens with zero attached hydrogens (tertiary/aromatic N) is 3. The molecule has 0 atom stereocenters. The number of nitrogens with one attached hydrogen (secondary N) is 1. The Morgan fingerprint density at radius 3 is 2.94 bits per heavy atom. The van der Waals surface area contributed by atoms with Crippen LogP contribution in [0.3, 0.4) is 0 Å². The zero-order valence-electron chi connectivity index (χ0n) is 10.4. The van der Waals surface area contributed by atoms with Crippen LogP contribution in [0, 0.1) is 0 Å². The number of hydrogen-bond donors (Lipinski definition) is 1. The van der Waals surface area contributed by atoms with E-state index in [1.54, 1.807) is 6.20 Å². The van der Waals surface area contributed by atoms with Crippen molar-refractivity contribution < 1.29 is 4.79 Å². The van der Waals surface area contributed by atoms with Crippen LogP contribution in [0.2, 0.25) is 0 Å². The maximum Gasteiger partial charge on any atom is 0.242 e. The average molecular weight is 313 g/mol. The van der Waals surface area contributed by atoms with Crippen molar-refractivity contribution in [1.82, 2.24) is 15.2 Å². The Bertz CT molecular complexity index is 420. The Morgan fingerprint density at radius 2 is 2.28 bits per heavy atom. The van der Waals surface area contributed by atoms with Gasteiger partial charge in [0.05, 0.1) is 11.0 Å². The summed E-state index contributed by atoms with van der Waals surface area (Å²) in [4.78, 5) is 20.1. The van der Waals surface area contributed by atoms with Crippen LogP contribution in [-0.2, 0) is 4.79 Å². The van der Waals surface area contributed by atoms with E-state index in [1.165, 1.54) is 0 Å². The molecule has 1 N–H and O–H groups in total. The standard InChI is InChI=1S/C12H17BrN4O/c1-16(12-10(13)3-2-4-15-12)9-11(18)17-7-5-14-6-8-17/h2-4,14H,5-9H2,1H3. The van der Waals surface area contributed by atoms with Gasteiger partial charge in [-0.1, -0.05) is 0 Å². The van der Waals surface area contributed by atoms with Crippen LogP contribution in [0.5, 0.6) is 0 Å². The summed E-state index contributed by atoms with van der Waals surface area (Å²) < 4.78 is 0.903. The third kappa shape index (κ3) is 3.20. The molecule has 0 unspecified atom stereocenters. The number of likely N-dealkylation sites (N-methyl/N-ethyl adjacent to an activating group) is 1. The van der Waals surface area contributed by atoms with E-state index < -0.39 is 0 Å². The Labute approximate surface area is 115 Å². The highest BCUT2D eigenvalue weighted by Gasteiger charge is 2.18. The van der Waals surface area contributed by atoms with Crippen molar-refractivity contribution in [1.29, 1.82) is 0 Å². The maximum atomic E-state index is 12.1. The number of carbonyl (C=O) groups is 1. The van der Waals surface area contributed by atoms with Crippen molar-refractivity contribution in [2.24, 2.45) is 0 Å². The van der Waals surface area contributed by atoms with E-state index >= 15 is 0 Å². The minimum atomic E-state index is 0.150. The lowest BCUT2D eigenvalue weighted by molar-refractivity contribution is -0.130. The molecule has 5 nitrogen and oxygen atoms in total. The smallest absolute Gasteiger partial charge is 0.242 e. The third-order valence-corrected chi connectivity index (χ3v) is 3.56. The zero-order chi connectivity index (χ0) is 13.0. The Kier molecular flexibility index (Phi) is 4.54. The van der Waals surface area contributed by atoms with Gasteiger partial charge in [-0.15, -0.1) is 0 Å². The average Bonchev–Trinajstić information content (AvgIpc) is 2.40. The van der Waals surface area contributed by atoms with Crippen molar-refractivity contribution in [3.63, 3.8) is 0 Å². The molecular weight excluding hydrogens is 296 g/mol. The molecule has 98 valence electrons. The molecule has 0 aliphatic carbocycles. The van der Waals surface area contributed by atoms with Gasteiger partial charge in [-0.25, -0.2) is 4.98 Å². The van der Waals surface area contributed by atoms with Crippen LogP contribution in [0.15, 0.2) is 22.8 Å². The van der Waals surface area contributed by atoms with E-state index in [4.69, 9.17) is 0 Å². The van der Waals surface area contributed by atoms with Crippen LogP contribution in [0.25, 0.3) is 0 Å². The van der Waals surface area contributed by atoms with Crippen molar-refractivity contribution >= 4 is 27.7 Å². The summed E-state index contributed by atoms with van der Waals surface area (Å²) in [5.41, 5.74) is 0. The summed E-state index contributed by atoms with van der Waals surface area (Å²) in [5.74, 6) is 0.942. The number of aromatic nitrogens is 1. The number of hydrogen-bond acceptors (Lipinski definition) is 4. The molecule has 0 saturated carbocycles. The molecular formula is C12H17BrN4O. The molecule has 1 saturated heterocycles. The Hall–Kier alpha value is -1.14.